The first kappa shape index (κ1) is 23.3. The number of nitriles is 1. The highest BCUT2D eigenvalue weighted by atomic mass is 35.5. The van der Waals surface area contributed by atoms with E-state index in [0.717, 1.165) is 0 Å². The summed E-state index contributed by atoms with van der Waals surface area (Å²) in [5.41, 5.74) is 1.77. The van der Waals surface area contributed by atoms with Gasteiger partial charge in [-0.25, -0.2) is 4.79 Å². The molecule has 0 fully saturated rings. The quantitative estimate of drug-likeness (QED) is 0.199. The van der Waals surface area contributed by atoms with Crippen molar-refractivity contribution in [1.29, 1.82) is 5.26 Å². The van der Waals surface area contributed by atoms with Crippen molar-refractivity contribution in [2.24, 2.45) is 0 Å². The summed E-state index contributed by atoms with van der Waals surface area (Å²) in [6.45, 7) is 0.0590. The molecule has 0 bridgehead atoms. The van der Waals surface area contributed by atoms with Crippen molar-refractivity contribution in [3.05, 3.63) is 98.1 Å². The van der Waals surface area contributed by atoms with Crippen LogP contribution in [0.2, 0.25) is 5.02 Å². The van der Waals surface area contributed by atoms with Gasteiger partial charge < -0.3 is 14.6 Å². The minimum Gasteiger partial charge on any atom is -0.493 e. The fourth-order valence-electron chi connectivity index (χ4n) is 3.05. The first-order valence-electron chi connectivity index (χ1n) is 9.51. The van der Waals surface area contributed by atoms with Gasteiger partial charge in [-0.1, -0.05) is 35.9 Å². The van der Waals surface area contributed by atoms with Crippen molar-refractivity contribution in [2.75, 3.05) is 7.11 Å². The molecule has 3 aromatic rings. The monoisotopic (exact) mass is 464 g/mol. The van der Waals surface area contributed by atoms with Crippen LogP contribution in [0.5, 0.6) is 11.5 Å². The number of benzene rings is 3. The van der Waals surface area contributed by atoms with Gasteiger partial charge in [0.25, 0.3) is 5.69 Å². The molecule has 0 radical (unpaired) electrons. The Labute approximate surface area is 194 Å². The molecule has 0 aromatic heterocycles. The second kappa shape index (κ2) is 10.3. The summed E-state index contributed by atoms with van der Waals surface area (Å²) >= 11 is 6.40. The lowest BCUT2D eigenvalue weighted by Gasteiger charge is -2.14. The first-order chi connectivity index (χ1) is 15.8. The molecule has 0 aliphatic heterocycles. The van der Waals surface area contributed by atoms with Gasteiger partial charge in [0.15, 0.2) is 11.5 Å². The highest BCUT2D eigenvalue weighted by Crippen LogP contribution is 2.38. The fraction of sp³-hybridized carbons (Fsp3) is 0.0833. The maximum absolute atomic E-state index is 11.1. The topological polar surface area (TPSA) is 123 Å². The molecule has 0 spiro atoms. The van der Waals surface area contributed by atoms with Gasteiger partial charge in [0.2, 0.25) is 0 Å². The second-order valence-electron chi connectivity index (χ2n) is 6.81. The zero-order valence-corrected chi connectivity index (χ0v) is 18.1. The number of carbonyl (C=O) groups is 1. The lowest BCUT2D eigenvalue weighted by Crippen LogP contribution is -2.01. The van der Waals surface area contributed by atoms with Gasteiger partial charge >= 0.3 is 5.97 Å². The molecule has 166 valence electrons. The number of halogens is 1. The summed E-state index contributed by atoms with van der Waals surface area (Å²) < 4.78 is 11.2. The van der Waals surface area contributed by atoms with E-state index >= 15 is 0 Å². The normalized spacial score (nSPS) is 10.9. The third-order valence-electron chi connectivity index (χ3n) is 4.61. The average molecular weight is 465 g/mol. The lowest BCUT2D eigenvalue weighted by molar-refractivity contribution is -0.384. The minimum absolute atomic E-state index is 0.0590. The second-order valence-corrected chi connectivity index (χ2v) is 7.21. The van der Waals surface area contributed by atoms with E-state index in [9.17, 15) is 20.2 Å². The van der Waals surface area contributed by atoms with E-state index in [4.69, 9.17) is 26.2 Å². The van der Waals surface area contributed by atoms with Crippen LogP contribution in [0.3, 0.4) is 0 Å². The number of non-ortho nitro benzene ring substituents is 1. The number of nitrogens with zero attached hydrogens (tertiary/aromatic N) is 2. The molecule has 0 aliphatic rings. The SMILES string of the molecule is COc1cc(C=C(C#N)c2cccc([N+](=O)[O-])c2)cc(Cl)c1OCc1cccc(C(=O)O)c1. The Kier molecular flexibility index (Phi) is 7.28. The number of hydrogen-bond donors (Lipinski definition) is 1. The van der Waals surface area contributed by atoms with Crippen LogP contribution in [0.25, 0.3) is 11.6 Å². The van der Waals surface area contributed by atoms with Crippen molar-refractivity contribution in [3.8, 4) is 17.6 Å². The van der Waals surface area contributed by atoms with Crippen molar-refractivity contribution >= 4 is 34.9 Å². The molecule has 3 aromatic carbocycles. The van der Waals surface area contributed by atoms with Gasteiger partial charge in [0.1, 0.15) is 6.61 Å². The van der Waals surface area contributed by atoms with Crippen LogP contribution in [0, 0.1) is 21.4 Å². The molecule has 0 heterocycles. The number of nitro benzene ring substituents is 1. The molecule has 0 saturated heterocycles. The third-order valence-corrected chi connectivity index (χ3v) is 4.89. The molecule has 1 N–H and O–H groups in total. The summed E-state index contributed by atoms with van der Waals surface area (Å²) in [5.74, 6) is -0.481. The van der Waals surface area contributed by atoms with Gasteiger partial charge in [0.05, 0.1) is 34.3 Å². The molecular formula is C24H17ClN2O6. The number of aromatic carboxylic acids is 1. The number of nitro groups is 1. The maximum atomic E-state index is 11.1. The summed E-state index contributed by atoms with van der Waals surface area (Å²) in [5, 5.41) is 29.9. The predicted molar refractivity (Wildman–Crippen MR) is 122 cm³/mol. The molecule has 0 unspecified atom stereocenters. The van der Waals surface area contributed by atoms with Crippen molar-refractivity contribution in [2.45, 2.75) is 6.61 Å². The summed E-state index contributed by atoms with van der Waals surface area (Å²) in [6.07, 6.45) is 1.54. The number of hydrogen-bond acceptors (Lipinski definition) is 6. The highest BCUT2D eigenvalue weighted by molar-refractivity contribution is 6.32. The van der Waals surface area contributed by atoms with Gasteiger partial charge in [0, 0.05) is 12.1 Å². The van der Waals surface area contributed by atoms with Crippen LogP contribution in [0.1, 0.15) is 27.0 Å². The zero-order chi connectivity index (χ0) is 24.0. The van der Waals surface area contributed by atoms with E-state index in [1.165, 1.54) is 43.5 Å². The Bertz CT molecular complexity index is 1300. The number of rotatable bonds is 8. The Balaban J connectivity index is 1.90. The Morgan fingerprint density at radius 2 is 1.91 bits per heavy atom. The maximum Gasteiger partial charge on any atom is 0.335 e. The minimum atomic E-state index is -1.04. The third kappa shape index (κ3) is 5.67. The van der Waals surface area contributed by atoms with E-state index in [1.54, 1.807) is 30.3 Å². The van der Waals surface area contributed by atoms with Crippen LogP contribution in [-0.2, 0) is 6.61 Å². The van der Waals surface area contributed by atoms with E-state index in [1.807, 2.05) is 6.07 Å². The highest BCUT2D eigenvalue weighted by Gasteiger charge is 2.14. The molecular weight excluding hydrogens is 448 g/mol. The van der Waals surface area contributed by atoms with Crippen molar-refractivity contribution in [3.63, 3.8) is 0 Å². The molecule has 0 aliphatic carbocycles. The summed E-state index contributed by atoms with van der Waals surface area (Å²) in [4.78, 5) is 21.6. The Morgan fingerprint density at radius 3 is 2.58 bits per heavy atom. The molecule has 0 atom stereocenters. The average Bonchev–Trinajstić information content (AvgIpc) is 2.81. The molecule has 8 nitrogen and oxygen atoms in total. The van der Waals surface area contributed by atoms with Crippen LogP contribution in [0.15, 0.2) is 60.7 Å². The van der Waals surface area contributed by atoms with Crippen molar-refractivity contribution in [1.82, 2.24) is 0 Å². The van der Waals surface area contributed by atoms with Crippen molar-refractivity contribution < 1.29 is 24.3 Å². The van der Waals surface area contributed by atoms with Gasteiger partial charge in [-0.2, -0.15) is 5.26 Å². The van der Waals surface area contributed by atoms with Crippen LogP contribution in [-0.4, -0.2) is 23.1 Å². The van der Waals surface area contributed by atoms with E-state index in [0.29, 0.717) is 22.4 Å². The molecule has 33 heavy (non-hydrogen) atoms. The van der Waals surface area contributed by atoms with E-state index in [-0.39, 0.29) is 34.2 Å². The standard InChI is InChI=1S/C24H17ClN2O6/c1-32-22-11-16(9-19(13-26)17-5-3-7-20(12-17)27(30)31)10-21(25)23(22)33-14-15-4-2-6-18(8-15)24(28)29/h2-12H,14H2,1H3,(H,28,29). The number of carboxylic acid groups (broad SMARTS) is 1. The molecule has 9 heteroatoms. The fourth-order valence-corrected chi connectivity index (χ4v) is 3.32. The van der Waals surface area contributed by atoms with Crippen LogP contribution >= 0.6 is 11.6 Å². The van der Waals surface area contributed by atoms with E-state index < -0.39 is 10.9 Å². The molecule has 0 saturated carbocycles. The van der Waals surface area contributed by atoms with Gasteiger partial charge in [-0.15, -0.1) is 0 Å². The number of methoxy groups -OCH3 is 1. The van der Waals surface area contributed by atoms with Gasteiger partial charge in [-0.05, 0) is 47.0 Å². The largest absolute Gasteiger partial charge is 0.493 e. The van der Waals surface area contributed by atoms with Crippen LogP contribution in [0.4, 0.5) is 5.69 Å². The predicted octanol–water partition coefficient (Wildman–Crippen LogP) is 5.60. The van der Waals surface area contributed by atoms with Gasteiger partial charge in [-0.3, -0.25) is 10.1 Å². The smallest absolute Gasteiger partial charge is 0.335 e. The zero-order valence-electron chi connectivity index (χ0n) is 17.3. The number of ether oxygens (including phenoxy) is 2. The lowest BCUT2D eigenvalue weighted by atomic mass is 10.0. The van der Waals surface area contributed by atoms with E-state index in [2.05, 4.69) is 0 Å². The summed E-state index contributed by atoms with van der Waals surface area (Å²) in [6, 6.07) is 17.3. The summed E-state index contributed by atoms with van der Waals surface area (Å²) in [7, 11) is 1.43. The molecule has 3 rings (SSSR count). The Morgan fingerprint density at radius 1 is 1.18 bits per heavy atom. The molecule has 0 amide bonds. The number of carboxylic acids is 1. The first-order valence-corrected chi connectivity index (χ1v) is 9.89. The number of allylic oxidation sites excluding steroid dienone is 1. The Hall–Kier alpha value is -4.35. The van der Waals surface area contributed by atoms with Crippen LogP contribution < -0.4 is 9.47 Å².